The first-order chi connectivity index (χ1) is 26.9. The third kappa shape index (κ3) is 8.83. The van der Waals surface area contributed by atoms with Gasteiger partial charge in [0.1, 0.15) is 6.04 Å². The van der Waals surface area contributed by atoms with Crippen LogP contribution >= 0.6 is 11.3 Å². The first kappa shape index (κ1) is 28.3. The van der Waals surface area contributed by atoms with Gasteiger partial charge in [0.25, 0.3) is 0 Å². The number of sulfonamides is 1. The van der Waals surface area contributed by atoms with Gasteiger partial charge in [-0.2, -0.15) is 4.31 Å². The number of thiazole rings is 1. The van der Waals surface area contributed by atoms with E-state index in [0.29, 0.717) is 25.6 Å². The SMILES string of the molecule is [2H]C([2H])([2H])C([2H])(CN([C@H](CO)CCc1ccccc1CC(=O)[C@@H](NC(=O)OC)C(c1ccccc1)c1ccccc1)S(=O)(=O)c1ccc2ncsc2c1)C([2H])([2H])[2H]. The molecule has 0 aliphatic rings. The predicted octanol–water partition coefficient (Wildman–Crippen LogP) is 6.61. The molecule has 0 spiro atoms. The summed E-state index contributed by atoms with van der Waals surface area (Å²) in [4.78, 5) is 30.9. The highest BCUT2D eigenvalue weighted by molar-refractivity contribution is 7.89. The van der Waals surface area contributed by atoms with E-state index in [-0.39, 0.29) is 29.9 Å². The molecule has 50 heavy (non-hydrogen) atoms. The van der Waals surface area contributed by atoms with Gasteiger partial charge in [0.05, 0.1) is 34.3 Å². The first-order valence-corrected chi connectivity index (χ1v) is 18.2. The second-order valence-electron chi connectivity index (χ2n) is 11.7. The standard InChI is InChI=1S/C39H43N3O6S2/c1-27(2)24-42(50(46,47)33-20-21-34-36(23-33)49-26-40-34)32(25-43)19-18-28-12-10-11-17-31(28)22-35(44)38(41-39(45)48-3)37(29-13-6-4-7-14-29)30-15-8-5-9-16-30/h4-17,20-21,23,26-27,32,37-38,43H,18-19,22,24-25H2,1-3H3,(H,41,45)/t32-,38+/m0/s1/i1D3,2D3,27D. The summed E-state index contributed by atoms with van der Waals surface area (Å²) in [5.41, 5.74) is 4.70. The lowest BCUT2D eigenvalue weighted by Crippen LogP contribution is -2.46. The van der Waals surface area contributed by atoms with E-state index in [1.54, 1.807) is 24.3 Å². The van der Waals surface area contributed by atoms with Crippen LogP contribution in [-0.4, -0.2) is 67.0 Å². The minimum atomic E-state index is -4.73. The van der Waals surface area contributed by atoms with Crippen LogP contribution in [0.25, 0.3) is 10.2 Å². The molecule has 0 unspecified atom stereocenters. The molecule has 2 atom stereocenters. The molecule has 1 amide bonds. The summed E-state index contributed by atoms with van der Waals surface area (Å²) < 4.78 is 91.7. The lowest BCUT2D eigenvalue weighted by molar-refractivity contribution is -0.120. The van der Waals surface area contributed by atoms with E-state index in [1.807, 2.05) is 60.7 Å². The molecule has 0 fully saturated rings. The van der Waals surface area contributed by atoms with Crippen LogP contribution in [0, 0.1) is 5.89 Å². The van der Waals surface area contributed by atoms with Gasteiger partial charge in [0, 0.05) is 34.5 Å². The van der Waals surface area contributed by atoms with Crippen molar-refractivity contribution in [2.75, 3.05) is 20.3 Å². The Morgan fingerprint density at radius 1 is 0.960 bits per heavy atom. The fourth-order valence-corrected chi connectivity index (χ4v) is 8.48. The van der Waals surface area contributed by atoms with Gasteiger partial charge < -0.3 is 15.2 Å². The molecule has 0 saturated heterocycles. The number of nitrogens with zero attached hydrogens (tertiary/aromatic N) is 2. The highest BCUT2D eigenvalue weighted by atomic mass is 32.2. The first-order valence-electron chi connectivity index (χ1n) is 19.4. The van der Waals surface area contributed by atoms with Gasteiger partial charge in [-0.3, -0.25) is 4.79 Å². The number of ether oxygens (including phenoxy) is 1. The third-order valence-electron chi connectivity index (χ3n) is 8.53. The monoisotopic (exact) mass is 720 g/mol. The molecule has 2 N–H and O–H groups in total. The van der Waals surface area contributed by atoms with Crippen molar-refractivity contribution in [3.8, 4) is 0 Å². The number of hydrogen-bond acceptors (Lipinski definition) is 8. The van der Waals surface area contributed by atoms with Crippen molar-refractivity contribution in [3.63, 3.8) is 0 Å². The Balaban J connectivity index is 1.50. The number of ketones is 1. The molecule has 262 valence electrons. The van der Waals surface area contributed by atoms with E-state index < -0.39 is 66.9 Å². The van der Waals surface area contributed by atoms with Gasteiger partial charge in [0.15, 0.2) is 5.78 Å². The number of alkyl carbamates (subject to hydrolysis) is 1. The number of methoxy groups -OCH3 is 1. The van der Waals surface area contributed by atoms with Gasteiger partial charge in [0.2, 0.25) is 10.0 Å². The quantitative estimate of drug-likeness (QED) is 0.118. The van der Waals surface area contributed by atoms with Crippen molar-refractivity contribution in [1.82, 2.24) is 14.6 Å². The van der Waals surface area contributed by atoms with Crippen molar-refractivity contribution in [2.24, 2.45) is 5.89 Å². The molecule has 0 radical (unpaired) electrons. The number of Topliss-reactive ketones (excluding diaryl/α,β-unsaturated/α-hetero) is 1. The van der Waals surface area contributed by atoms with Gasteiger partial charge in [-0.1, -0.05) is 98.6 Å². The Bertz CT molecular complexity index is 2200. The van der Waals surface area contributed by atoms with Gasteiger partial charge in [-0.25, -0.2) is 18.2 Å². The van der Waals surface area contributed by atoms with Crippen molar-refractivity contribution < 1.29 is 37.4 Å². The zero-order chi connectivity index (χ0) is 41.6. The number of carbonyl (C=O) groups is 2. The van der Waals surface area contributed by atoms with Crippen LogP contribution in [0.1, 0.15) is 57.9 Å². The summed E-state index contributed by atoms with van der Waals surface area (Å²) >= 11 is 1.17. The molecule has 9 nitrogen and oxygen atoms in total. The lowest BCUT2D eigenvalue weighted by Gasteiger charge is -2.31. The number of aliphatic hydroxyl groups excluding tert-OH is 1. The van der Waals surface area contributed by atoms with Crippen molar-refractivity contribution >= 4 is 43.5 Å². The van der Waals surface area contributed by atoms with E-state index in [4.69, 9.17) is 14.3 Å². The molecule has 1 aromatic heterocycles. The van der Waals surface area contributed by atoms with Crippen LogP contribution in [0.4, 0.5) is 4.79 Å². The molecule has 4 aromatic carbocycles. The van der Waals surface area contributed by atoms with Crippen LogP contribution < -0.4 is 5.32 Å². The summed E-state index contributed by atoms with van der Waals surface area (Å²) in [7, 11) is -3.53. The van der Waals surface area contributed by atoms with E-state index in [9.17, 15) is 23.1 Å². The number of aryl methyl sites for hydroxylation is 1. The Labute approximate surface area is 307 Å². The number of aliphatic hydroxyl groups is 1. The topological polar surface area (TPSA) is 126 Å². The van der Waals surface area contributed by atoms with Crippen molar-refractivity contribution in [3.05, 3.63) is 131 Å². The molecular formula is C39H43N3O6S2. The smallest absolute Gasteiger partial charge is 0.407 e. The molecule has 1 heterocycles. The number of fused-ring (bicyclic) bond motifs is 1. The highest BCUT2D eigenvalue weighted by Crippen LogP contribution is 2.31. The van der Waals surface area contributed by atoms with E-state index in [2.05, 4.69) is 10.3 Å². The molecule has 0 saturated carbocycles. The van der Waals surface area contributed by atoms with E-state index in [1.165, 1.54) is 42.2 Å². The second kappa shape index (κ2) is 17.0. The number of benzene rings is 4. The summed E-state index contributed by atoms with van der Waals surface area (Å²) in [6, 6.07) is 26.9. The highest BCUT2D eigenvalue weighted by Gasteiger charge is 2.34. The Morgan fingerprint density at radius 2 is 1.60 bits per heavy atom. The largest absolute Gasteiger partial charge is 0.453 e. The van der Waals surface area contributed by atoms with Crippen molar-refractivity contribution in [2.45, 2.75) is 55.9 Å². The molecule has 0 aliphatic carbocycles. The van der Waals surface area contributed by atoms with Crippen LogP contribution in [-0.2, 0) is 32.4 Å². The molecule has 5 aromatic rings. The summed E-state index contributed by atoms with van der Waals surface area (Å²) in [5.74, 6) is -4.23. The van der Waals surface area contributed by atoms with Gasteiger partial charge in [-0.05, 0) is 59.2 Å². The normalized spacial score (nSPS) is 15.9. The Morgan fingerprint density at radius 3 is 2.22 bits per heavy atom. The number of hydrogen-bond donors (Lipinski definition) is 2. The zero-order valence-corrected chi connectivity index (χ0v) is 29.0. The van der Waals surface area contributed by atoms with Crippen molar-refractivity contribution in [1.29, 1.82) is 0 Å². The van der Waals surface area contributed by atoms with Gasteiger partial charge >= 0.3 is 6.09 Å². The molecular weight excluding hydrogens is 671 g/mol. The average molecular weight is 721 g/mol. The van der Waals surface area contributed by atoms with Gasteiger partial charge in [-0.15, -0.1) is 11.3 Å². The zero-order valence-electron chi connectivity index (χ0n) is 34.4. The number of rotatable bonds is 16. The van der Waals surface area contributed by atoms with E-state index in [0.717, 1.165) is 11.1 Å². The fourth-order valence-electron chi connectivity index (χ4n) is 6.05. The average Bonchev–Trinajstić information content (AvgIpc) is 3.66. The maximum atomic E-state index is 14.4. The van der Waals surface area contributed by atoms with Crippen LogP contribution in [0.2, 0.25) is 0 Å². The number of amides is 1. The second-order valence-corrected chi connectivity index (χ2v) is 14.5. The molecule has 11 heteroatoms. The lowest BCUT2D eigenvalue weighted by atomic mass is 9.81. The summed E-state index contributed by atoms with van der Waals surface area (Å²) in [5, 5.41) is 13.5. The molecule has 0 aliphatic heterocycles. The third-order valence-corrected chi connectivity index (χ3v) is 11.2. The van der Waals surface area contributed by atoms with E-state index >= 15 is 0 Å². The number of carbonyl (C=O) groups excluding carboxylic acids is 2. The molecule has 5 rings (SSSR count). The summed E-state index contributed by atoms with van der Waals surface area (Å²) in [6.45, 7) is -9.03. The minimum absolute atomic E-state index is 0.0526. The predicted molar refractivity (Wildman–Crippen MR) is 197 cm³/mol. The Hall–Kier alpha value is -4.42. The summed E-state index contributed by atoms with van der Waals surface area (Å²) in [6.07, 6.45) is -1.07. The minimum Gasteiger partial charge on any atom is -0.453 e. The number of nitrogens with one attached hydrogen (secondary N) is 1. The number of aromatic nitrogens is 1. The fraction of sp³-hybridized carbons (Fsp3) is 0.308. The maximum absolute atomic E-state index is 14.4. The Kier molecular flexibility index (Phi) is 9.62. The van der Waals surface area contributed by atoms with Crippen LogP contribution in [0.3, 0.4) is 0 Å². The molecule has 0 bridgehead atoms. The van der Waals surface area contributed by atoms with Crippen LogP contribution in [0.5, 0.6) is 0 Å². The maximum Gasteiger partial charge on any atom is 0.407 e. The van der Waals surface area contributed by atoms with Crippen LogP contribution in [0.15, 0.2) is 114 Å².